The summed E-state index contributed by atoms with van der Waals surface area (Å²) >= 11 is 0. The molecule has 0 fully saturated rings. The van der Waals surface area contributed by atoms with Crippen molar-refractivity contribution in [3.05, 3.63) is 35.4 Å². The summed E-state index contributed by atoms with van der Waals surface area (Å²) in [6.07, 6.45) is 1.06. The van der Waals surface area contributed by atoms with E-state index in [1.54, 1.807) is 0 Å². The third-order valence-corrected chi connectivity index (χ3v) is 2.73. The zero-order valence-corrected chi connectivity index (χ0v) is 10.3. The van der Waals surface area contributed by atoms with E-state index in [1.165, 1.54) is 11.1 Å². The molecule has 84 valence electrons. The summed E-state index contributed by atoms with van der Waals surface area (Å²) in [5.74, 6) is 1.24. The van der Waals surface area contributed by atoms with E-state index in [4.69, 9.17) is 5.73 Å². The van der Waals surface area contributed by atoms with Gasteiger partial charge < -0.3 is 5.73 Å². The molecule has 0 saturated carbocycles. The van der Waals surface area contributed by atoms with Crippen molar-refractivity contribution < 1.29 is 0 Å². The van der Waals surface area contributed by atoms with Crippen molar-refractivity contribution in [2.75, 3.05) is 0 Å². The van der Waals surface area contributed by atoms with E-state index < -0.39 is 0 Å². The summed E-state index contributed by atoms with van der Waals surface area (Å²) in [6.45, 7) is 8.86. The van der Waals surface area contributed by atoms with Gasteiger partial charge in [0.15, 0.2) is 0 Å². The van der Waals surface area contributed by atoms with Gasteiger partial charge in [-0.15, -0.1) is 0 Å². The lowest BCUT2D eigenvalue weighted by atomic mass is 9.94. The van der Waals surface area contributed by atoms with Crippen molar-refractivity contribution in [3.63, 3.8) is 0 Å². The maximum atomic E-state index is 6.16. The molecule has 0 radical (unpaired) electrons. The number of hydrogen-bond donors (Lipinski definition) is 1. The summed E-state index contributed by atoms with van der Waals surface area (Å²) in [6, 6.07) is 8.86. The number of hydrogen-bond acceptors (Lipinski definition) is 1. The first-order valence-electron chi connectivity index (χ1n) is 5.86. The summed E-state index contributed by atoms with van der Waals surface area (Å²) in [4.78, 5) is 0. The van der Waals surface area contributed by atoms with Gasteiger partial charge in [0.2, 0.25) is 0 Å². The second kappa shape index (κ2) is 5.32. The van der Waals surface area contributed by atoms with Crippen molar-refractivity contribution in [1.82, 2.24) is 0 Å². The summed E-state index contributed by atoms with van der Waals surface area (Å²) in [7, 11) is 0. The molecule has 1 rings (SSSR count). The van der Waals surface area contributed by atoms with Crippen molar-refractivity contribution in [3.8, 4) is 0 Å². The van der Waals surface area contributed by atoms with Crippen molar-refractivity contribution >= 4 is 0 Å². The summed E-state index contributed by atoms with van der Waals surface area (Å²) < 4.78 is 0. The molecule has 0 aromatic heterocycles. The highest BCUT2D eigenvalue weighted by atomic mass is 14.6. The molecule has 1 aromatic rings. The third-order valence-electron chi connectivity index (χ3n) is 2.73. The van der Waals surface area contributed by atoms with Gasteiger partial charge in [-0.05, 0) is 29.4 Å². The molecule has 0 aliphatic rings. The van der Waals surface area contributed by atoms with E-state index >= 15 is 0 Å². The van der Waals surface area contributed by atoms with E-state index in [-0.39, 0.29) is 6.04 Å². The van der Waals surface area contributed by atoms with Crippen molar-refractivity contribution in [1.29, 1.82) is 0 Å². The smallest absolute Gasteiger partial charge is 0.0297 e. The van der Waals surface area contributed by atoms with E-state index in [9.17, 15) is 0 Å². The highest BCUT2D eigenvalue weighted by molar-refractivity contribution is 5.27. The maximum absolute atomic E-state index is 6.16. The van der Waals surface area contributed by atoms with Gasteiger partial charge in [0.1, 0.15) is 0 Å². The molecule has 1 atom stereocenters. The molecule has 15 heavy (non-hydrogen) atoms. The first-order chi connectivity index (χ1) is 7.00. The standard InChI is InChI=1S/C14H23N/c1-10(2)8-14(15)13-7-5-6-12(9-13)11(3)4/h5-7,9-11,14H,8,15H2,1-4H3/t14-/m0/s1. The minimum Gasteiger partial charge on any atom is -0.324 e. The fraction of sp³-hybridized carbons (Fsp3) is 0.571. The molecule has 1 aromatic carbocycles. The molecule has 0 unspecified atom stereocenters. The Hall–Kier alpha value is -0.820. The predicted octanol–water partition coefficient (Wildman–Crippen LogP) is 3.86. The van der Waals surface area contributed by atoms with Crippen LogP contribution in [-0.2, 0) is 0 Å². The number of rotatable bonds is 4. The van der Waals surface area contributed by atoms with Crippen LogP contribution in [0.5, 0.6) is 0 Å². The van der Waals surface area contributed by atoms with Crippen LogP contribution in [0, 0.1) is 5.92 Å². The number of nitrogens with two attached hydrogens (primary N) is 1. The highest BCUT2D eigenvalue weighted by Gasteiger charge is 2.09. The van der Waals surface area contributed by atoms with Crippen LogP contribution in [0.15, 0.2) is 24.3 Å². The molecule has 1 nitrogen and oxygen atoms in total. The second-order valence-electron chi connectivity index (χ2n) is 5.06. The van der Waals surface area contributed by atoms with E-state index in [1.807, 2.05) is 0 Å². The highest BCUT2D eigenvalue weighted by Crippen LogP contribution is 2.22. The van der Waals surface area contributed by atoms with E-state index in [0.717, 1.165) is 6.42 Å². The molecular formula is C14H23N. The Balaban J connectivity index is 2.80. The molecule has 0 aliphatic heterocycles. The Labute approximate surface area is 93.7 Å². The van der Waals surface area contributed by atoms with Crippen LogP contribution >= 0.6 is 0 Å². The Morgan fingerprint density at radius 3 is 2.20 bits per heavy atom. The molecule has 0 bridgehead atoms. The molecule has 2 N–H and O–H groups in total. The lowest BCUT2D eigenvalue weighted by Crippen LogP contribution is -2.13. The van der Waals surface area contributed by atoms with Gasteiger partial charge in [-0.2, -0.15) is 0 Å². The Morgan fingerprint density at radius 1 is 1.07 bits per heavy atom. The number of benzene rings is 1. The van der Waals surface area contributed by atoms with E-state index in [2.05, 4.69) is 52.0 Å². The summed E-state index contributed by atoms with van der Waals surface area (Å²) in [5.41, 5.74) is 8.82. The van der Waals surface area contributed by atoms with Gasteiger partial charge in [-0.1, -0.05) is 52.0 Å². The zero-order chi connectivity index (χ0) is 11.4. The monoisotopic (exact) mass is 205 g/mol. The first-order valence-corrected chi connectivity index (χ1v) is 5.86. The van der Waals surface area contributed by atoms with Gasteiger partial charge in [-0.25, -0.2) is 0 Å². The molecule has 0 saturated heterocycles. The topological polar surface area (TPSA) is 26.0 Å². The molecular weight excluding hydrogens is 182 g/mol. The fourth-order valence-corrected chi connectivity index (χ4v) is 1.79. The molecule has 0 aliphatic carbocycles. The quantitative estimate of drug-likeness (QED) is 0.793. The van der Waals surface area contributed by atoms with Crippen LogP contribution in [0.4, 0.5) is 0 Å². The second-order valence-corrected chi connectivity index (χ2v) is 5.06. The third kappa shape index (κ3) is 3.67. The van der Waals surface area contributed by atoms with Gasteiger partial charge in [0.05, 0.1) is 0 Å². The lowest BCUT2D eigenvalue weighted by molar-refractivity contribution is 0.509. The normalized spacial score (nSPS) is 13.5. The molecule has 0 heterocycles. The van der Waals surface area contributed by atoms with Crippen LogP contribution in [0.25, 0.3) is 0 Å². The Bertz CT molecular complexity index is 302. The van der Waals surface area contributed by atoms with Gasteiger partial charge >= 0.3 is 0 Å². The zero-order valence-electron chi connectivity index (χ0n) is 10.3. The molecule has 1 heteroatoms. The minimum atomic E-state index is 0.184. The lowest BCUT2D eigenvalue weighted by Gasteiger charge is -2.16. The largest absolute Gasteiger partial charge is 0.324 e. The summed E-state index contributed by atoms with van der Waals surface area (Å²) in [5, 5.41) is 0. The predicted molar refractivity (Wildman–Crippen MR) is 66.9 cm³/mol. The van der Waals surface area contributed by atoms with Crippen molar-refractivity contribution in [2.24, 2.45) is 11.7 Å². The van der Waals surface area contributed by atoms with Crippen LogP contribution in [0.2, 0.25) is 0 Å². The van der Waals surface area contributed by atoms with Gasteiger partial charge in [0, 0.05) is 6.04 Å². The Kier molecular flexibility index (Phi) is 4.34. The van der Waals surface area contributed by atoms with Crippen LogP contribution in [0.3, 0.4) is 0 Å². The molecule has 0 spiro atoms. The maximum Gasteiger partial charge on any atom is 0.0297 e. The Morgan fingerprint density at radius 2 is 1.67 bits per heavy atom. The van der Waals surface area contributed by atoms with Crippen molar-refractivity contribution in [2.45, 2.75) is 46.1 Å². The van der Waals surface area contributed by atoms with Gasteiger partial charge in [0.25, 0.3) is 0 Å². The first kappa shape index (κ1) is 12.3. The average Bonchev–Trinajstić information content (AvgIpc) is 2.17. The van der Waals surface area contributed by atoms with E-state index in [0.29, 0.717) is 11.8 Å². The van der Waals surface area contributed by atoms with Crippen LogP contribution < -0.4 is 5.73 Å². The SMILES string of the molecule is CC(C)C[C@H](N)c1cccc(C(C)C)c1. The van der Waals surface area contributed by atoms with Crippen LogP contribution in [0.1, 0.15) is 57.2 Å². The average molecular weight is 205 g/mol. The van der Waals surface area contributed by atoms with Gasteiger partial charge in [-0.3, -0.25) is 0 Å². The minimum absolute atomic E-state index is 0.184. The fourth-order valence-electron chi connectivity index (χ4n) is 1.79. The van der Waals surface area contributed by atoms with Crippen LogP contribution in [-0.4, -0.2) is 0 Å². The molecule has 0 amide bonds.